The summed E-state index contributed by atoms with van der Waals surface area (Å²) in [6, 6.07) is 0. The van der Waals surface area contributed by atoms with Crippen LogP contribution in [0.25, 0.3) is 0 Å². The van der Waals surface area contributed by atoms with Gasteiger partial charge < -0.3 is 24.1 Å². The van der Waals surface area contributed by atoms with Gasteiger partial charge in [0.1, 0.15) is 11.9 Å². The largest absolute Gasteiger partial charge is 0.458 e. The van der Waals surface area contributed by atoms with Crippen molar-refractivity contribution in [2.45, 2.75) is 81.6 Å². The van der Waals surface area contributed by atoms with Crippen molar-refractivity contribution in [2.24, 2.45) is 34.5 Å². The highest BCUT2D eigenvalue weighted by Crippen LogP contribution is 2.75. The molecule has 0 radical (unpaired) electrons. The van der Waals surface area contributed by atoms with Crippen molar-refractivity contribution < 1.29 is 43.2 Å². The SMILES string of the molecule is C[C@]12C(=O)CC=CC1=CC[C@@H]1[C@@H]2CC[C@]2(O)C(=O)O[C@@]3(C)[C@@H]4C[C@@]5(C)C6C(=O)[C@@]1(OC[C@H]5C(=O)O4)OC632. The fourth-order valence-corrected chi connectivity index (χ4v) is 9.98. The molecule has 2 spiro atoms. The summed E-state index contributed by atoms with van der Waals surface area (Å²) in [5, 5.41) is 12.4. The van der Waals surface area contributed by atoms with Gasteiger partial charge in [0, 0.05) is 12.3 Å². The Morgan fingerprint density at radius 3 is 2.65 bits per heavy atom. The Hall–Kier alpha value is -2.36. The van der Waals surface area contributed by atoms with Gasteiger partial charge in [-0.2, -0.15) is 0 Å². The lowest BCUT2D eigenvalue weighted by molar-refractivity contribution is -0.373. The number of hydrogen-bond acceptors (Lipinski definition) is 9. The van der Waals surface area contributed by atoms with Gasteiger partial charge in [0.2, 0.25) is 5.79 Å². The molecule has 0 aromatic heterocycles. The molecule has 3 aliphatic carbocycles. The summed E-state index contributed by atoms with van der Waals surface area (Å²) in [5.74, 6) is -6.26. The predicted molar refractivity (Wildman–Crippen MR) is 122 cm³/mol. The van der Waals surface area contributed by atoms with Crippen LogP contribution in [0, 0.1) is 34.5 Å². The van der Waals surface area contributed by atoms with E-state index in [2.05, 4.69) is 0 Å². The van der Waals surface area contributed by atoms with Crippen LogP contribution >= 0.6 is 0 Å². The Labute approximate surface area is 213 Å². The van der Waals surface area contributed by atoms with E-state index in [9.17, 15) is 24.3 Å². The molecule has 0 aromatic rings. The van der Waals surface area contributed by atoms with Crippen LogP contribution in [0.5, 0.6) is 0 Å². The highest BCUT2D eigenvalue weighted by molar-refractivity contribution is 5.99. The van der Waals surface area contributed by atoms with Gasteiger partial charge in [-0.05, 0) is 56.4 Å². The molecule has 37 heavy (non-hydrogen) atoms. The average molecular weight is 511 g/mol. The van der Waals surface area contributed by atoms with Crippen LogP contribution in [0.15, 0.2) is 23.8 Å². The molecule has 1 N–H and O–H groups in total. The van der Waals surface area contributed by atoms with Crippen molar-refractivity contribution >= 4 is 23.5 Å². The van der Waals surface area contributed by atoms with Crippen LogP contribution in [0.3, 0.4) is 0 Å². The molecule has 196 valence electrons. The molecule has 9 heteroatoms. The summed E-state index contributed by atoms with van der Waals surface area (Å²) in [7, 11) is 0. The zero-order valence-electron chi connectivity index (χ0n) is 21.1. The normalized spacial score (nSPS) is 58.5. The molecule has 5 bridgehead atoms. The number of Topliss-reactive ketones (excluding diaryl/α,β-unsaturated/α-hetero) is 2. The number of carbonyl (C=O) groups excluding carboxylic acids is 4. The second kappa shape index (κ2) is 6.10. The molecule has 9 nitrogen and oxygen atoms in total. The molecule has 8 aliphatic rings. The molecule has 5 heterocycles. The quantitative estimate of drug-likeness (QED) is 0.483. The minimum absolute atomic E-state index is 0.0254. The fraction of sp³-hybridized carbons (Fsp3) is 0.714. The number of hydrogen-bond donors (Lipinski definition) is 1. The van der Waals surface area contributed by atoms with Gasteiger partial charge in [0.15, 0.2) is 22.6 Å². The first-order valence-corrected chi connectivity index (χ1v) is 13.4. The highest BCUT2D eigenvalue weighted by Gasteiger charge is 2.93. The molecule has 5 saturated heterocycles. The molecule has 2 unspecified atom stereocenters. The summed E-state index contributed by atoms with van der Waals surface area (Å²) in [4.78, 5) is 55.3. The first-order chi connectivity index (χ1) is 17.4. The lowest BCUT2D eigenvalue weighted by Crippen LogP contribution is -2.79. The van der Waals surface area contributed by atoms with Crippen LogP contribution in [0.2, 0.25) is 0 Å². The van der Waals surface area contributed by atoms with E-state index >= 15 is 0 Å². The molecule has 5 aliphatic heterocycles. The number of ketones is 2. The van der Waals surface area contributed by atoms with Crippen molar-refractivity contribution in [3.8, 4) is 0 Å². The smallest absolute Gasteiger partial charge is 0.342 e. The van der Waals surface area contributed by atoms with Crippen molar-refractivity contribution in [3.05, 3.63) is 23.8 Å². The third-order valence-corrected chi connectivity index (χ3v) is 11.9. The molecular formula is C28H30O9. The third-order valence-electron chi connectivity index (χ3n) is 11.9. The van der Waals surface area contributed by atoms with Crippen LogP contribution in [-0.2, 0) is 38.1 Å². The number of fused-ring (bicyclic) bond motifs is 5. The minimum Gasteiger partial charge on any atom is -0.458 e. The highest BCUT2D eigenvalue weighted by atomic mass is 16.8. The molecule has 11 atom stereocenters. The maximum Gasteiger partial charge on any atom is 0.342 e. The molecule has 0 aromatic carbocycles. The Balaban J connectivity index is 1.44. The number of esters is 2. The Kier molecular flexibility index (Phi) is 3.73. The average Bonchev–Trinajstić information content (AvgIpc) is 3.16. The summed E-state index contributed by atoms with van der Waals surface area (Å²) in [5.41, 5.74) is -6.52. The second-order valence-corrected chi connectivity index (χ2v) is 13.0. The van der Waals surface area contributed by atoms with Crippen LogP contribution in [0.1, 0.15) is 52.9 Å². The maximum atomic E-state index is 14.8. The number of ether oxygens (including phenoxy) is 4. The van der Waals surface area contributed by atoms with Crippen LogP contribution < -0.4 is 0 Å². The van der Waals surface area contributed by atoms with Crippen molar-refractivity contribution in [1.29, 1.82) is 0 Å². The van der Waals surface area contributed by atoms with Crippen LogP contribution in [-0.4, -0.2) is 63.9 Å². The molecule has 0 amide bonds. The standard InChI is InChI=1S/C28H30O9/c1-23-11-18-25(3)28-19(23)20(30)27(37-28,34-12-16(23)21(31)35-18)15-8-7-13-5-4-6-17(29)24(13,2)14(15)9-10-26(28,33)22(32)36-25/h4-5,7,14-16,18-19,33H,6,8-12H2,1-3H3/t14-,15+,16-,18-,19?,23+,24-,25-,26-,27-,28?/m0/s1. The Bertz CT molecular complexity index is 1300. The van der Waals surface area contributed by atoms with E-state index in [1.165, 1.54) is 0 Å². The van der Waals surface area contributed by atoms with Crippen molar-refractivity contribution in [3.63, 3.8) is 0 Å². The van der Waals surface area contributed by atoms with Gasteiger partial charge in [-0.1, -0.05) is 25.2 Å². The number of carbonyl (C=O) groups is 4. The third kappa shape index (κ3) is 1.97. The van der Waals surface area contributed by atoms with Gasteiger partial charge in [-0.3, -0.25) is 14.4 Å². The van der Waals surface area contributed by atoms with Gasteiger partial charge in [-0.25, -0.2) is 4.79 Å². The van der Waals surface area contributed by atoms with Crippen molar-refractivity contribution in [1.82, 2.24) is 0 Å². The van der Waals surface area contributed by atoms with E-state index in [0.29, 0.717) is 19.3 Å². The van der Waals surface area contributed by atoms with E-state index in [-0.39, 0.29) is 31.0 Å². The minimum atomic E-state index is -2.17. The van der Waals surface area contributed by atoms with E-state index in [0.717, 1.165) is 5.57 Å². The monoisotopic (exact) mass is 510 g/mol. The van der Waals surface area contributed by atoms with E-state index in [1.54, 1.807) is 6.92 Å². The van der Waals surface area contributed by atoms with Crippen molar-refractivity contribution in [2.75, 3.05) is 6.61 Å². The van der Waals surface area contributed by atoms with Gasteiger partial charge >= 0.3 is 11.9 Å². The first-order valence-electron chi connectivity index (χ1n) is 13.4. The van der Waals surface area contributed by atoms with E-state index in [4.69, 9.17) is 18.9 Å². The van der Waals surface area contributed by atoms with E-state index < -0.39 is 75.1 Å². The molecule has 6 fully saturated rings. The second-order valence-electron chi connectivity index (χ2n) is 13.0. The first kappa shape index (κ1) is 22.6. The topological polar surface area (TPSA) is 125 Å². The summed E-state index contributed by atoms with van der Waals surface area (Å²) in [6.45, 7) is 5.29. The Morgan fingerprint density at radius 2 is 1.86 bits per heavy atom. The maximum absolute atomic E-state index is 14.8. The molecule has 8 rings (SSSR count). The van der Waals surface area contributed by atoms with E-state index in [1.807, 2.05) is 32.1 Å². The number of rotatable bonds is 0. The number of aliphatic hydroxyl groups is 1. The number of allylic oxidation sites excluding steroid dienone is 4. The van der Waals surface area contributed by atoms with Crippen LogP contribution in [0.4, 0.5) is 0 Å². The predicted octanol–water partition coefficient (Wildman–Crippen LogP) is 1.56. The fourth-order valence-electron chi connectivity index (χ4n) is 9.98. The lowest BCUT2D eigenvalue weighted by Gasteiger charge is -2.63. The Morgan fingerprint density at radius 1 is 1.08 bits per heavy atom. The van der Waals surface area contributed by atoms with Gasteiger partial charge in [0.25, 0.3) is 0 Å². The summed E-state index contributed by atoms with van der Waals surface area (Å²) < 4.78 is 25.1. The zero-order chi connectivity index (χ0) is 26.0. The zero-order valence-corrected chi connectivity index (χ0v) is 21.1. The molecular weight excluding hydrogens is 480 g/mol. The lowest BCUT2D eigenvalue weighted by atomic mass is 9.46. The van der Waals surface area contributed by atoms with Gasteiger partial charge in [-0.15, -0.1) is 0 Å². The summed E-state index contributed by atoms with van der Waals surface area (Å²) >= 11 is 0. The van der Waals surface area contributed by atoms with Gasteiger partial charge in [0.05, 0.1) is 23.9 Å². The summed E-state index contributed by atoms with van der Waals surface area (Å²) in [6.07, 6.45) is 6.20. The molecule has 1 saturated carbocycles.